The summed E-state index contributed by atoms with van der Waals surface area (Å²) < 4.78 is 0. The number of nitrogens with zero attached hydrogens (tertiary/aromatic N) is 3. The van der Waals surface area contributed by atoms with Crippen LogP contribution in [-0.4, -0.2) is 138 Å². The van der Waals surface area contributed by atoms with E-state index in [9.17, 15) is 33.6 Å². The van der Waals surface area contributed by atoms with E-state index in [0.29, 0.717) is 57.7 Å². The average molecular weight is 818 g/mol. The third kappa shape index (κ3) is 24.0. The zero-order chi connectivity index (χ0) is 43.9. The molecule has 19 heteroatoms. The molecule has 1 aromatic carbocycles. The summed E-state index contributed by atoms with van der Waals surface area (Å²) in [5.41, 5.74) is 6.37. The van der Waals surface area contributed by atoms with Gasteiger partial charge in [0.25, 0.3) is 18.3 Å². The van der Waals surface area contributed by atoms with E-state index in [2.05, 4.69) is 38.1 Å². The van der Waals surface area contributed by atoms with E-state index in [1.54, 1.807) is 18.2 Å². The van der Waals surface area contributed by atoms with Crippen LogP contribution in [0, 0.1) is 5.92 Å². The molecule has 0 aliphatic carbocycles. The van der Waals surface area contributed by atoms with Gasteiger partial charge < -0.3 is 47.4 Å². The minimum absolute atomic E-state index is 0.194. The van der Waals surface area contributed by atoms with Crippen LogP contribution in [0.25, 0.3) is 0 Å². The van der Waals surface area contributed by atoms with E-state index in [1.807, 2.05) is 39.8 Å². The minimum Gasteiger partial charge on any atom is -0.483 e. The van der Waals surface area contributed by atoms with E-state index in [1.165, 1.54) is 22.0 Å². The number of allylic oxidation sites excluding steroid dienone is 1. The van der Waals surface area contributed by atoms with Crippen LogP contribution in [0.3, 0.4) is 0 Å². The van der Waals surface area contributed by atoms with E-state index in [4.69, 9.17) is 20.7 Å². The third-order valence-electron chi connectivity index (χ3n) is 8.24. The third-order valence-corrected chi connectivity index (χ3v) is 8.24. The number of carbonyl (C=O) groups is 8. The van der Waals surface area contributed by atoms with Gasteiger partial charge in [0, 0.05) is 83.2 Å². The number of imide groups is 1. The van der Waals surface area contributed by atoms with Crippen LogP contribution in [0.4, 0.5) is 15.3 Å². The summed E-state index contributed by atoms with van der Waals surface area (Å²) in [6.45, 7) is 16.1. The summed E-state index contributed by atoms with van der Waals surface area (Å²) in [6.07, 6.45) is 6.29. The van der Waals surface area contributed by atoms with Crippen molar-refractivity contribution in [2.45, 2.75) is 72.4 Å². The predicted molar refractivity (Wildman–Crippen MR) is 219 cm³/mol. The van der Waals surface area contributed by atoms with E-state index in [0.717, 1.165) is 38.2 Å². The standard InChI is InChI=1S/C31H45N7O7.C4H10N2O.C3H6.CH2O2/c1-22(2)29(35-25(39)6-4-3-5-14-38-27(41)11-12-28(38)42)30(43)33-21-26(40)34-24-9-7-23(8-10-24)20-32-13-15-36-16-18-37(19-17-36)31(44)45;1-2-3-6-4(5)7;1-3-2;2-1-3/h7-12,22,29,32H,3-6,13-21H2,1-2H3,(H,33,43)(H,34,40)(H,35,39)(H,44,45);2-3H2,1H3,(H3,5,6,7);3H,1H2,2H3;1H,(H,2,3). The summed E-state index contributed by atoms with van der Waals surface area (Å²) in [5.74, 6) is -1.96. The van der Waals surface area contributed by atoms with Crippen molar-refractivity contribution in [1.82, 2.24) is 36.0 Å². The molecule has 1 saturated heterocycles. The molecule has 2 aliphatic rings. The topological polar surface area (TPSA) is 273 Å². The van der Waals surface area contributed by atoms with Crippen molar-refractivity contribution < 1.29 is 48.6 Å². The highest BCUT2D eigenvalue weighted by Gasteiger charge is 2.25. The van der Waals surface area contributed by atoms with Crippen molar-refractivity contribution in [2.75, 3.05) is 64.2 Å². The molecule has 0 saturated carbocycles. The number of carboxylic acid groups (broad SMARTS) is 2. The highest BCUT2D eigenvalue weighted by Crippen LogP contribution is 2.11. The lowest BCUT2D eigenvalue weighted by molar-refractivity contribution is -0.137. The first kappa shape index (κ1) is 52.2. The molecule has 0 radical (unpaired) electrons. The first-order valence-electron chi connectivity index (χ1n) is 19.2. The van der Waals surface area contributed by atoms with Crippen LogP contribution in [0.15, 0.2) is 49.1 Å². The summed E-state index contributed by atoms with van der Waals surface area (Å²) in [6, 6.07) is 6.15. The molecule has 1 fully saturated rings. The fraction of sp³-hybridized carbons (Fsp3) is 0.538. The molecule has 2 heterocycles. The maximum atomic E-state index is 12.8. The van der Waals surface area contributed by atoms with Gasteiger partial charge >= 0.3 is 12.1 Å². The maximum absolute atomic E-state index is 12.8. The molecule has 1 aromatic rings. The first-order valence-corrected chi connectivity index (χ1v) is 19.2. The lowest BCUT2D eigenvalue weighted by atomic mass is 10.0. The molecular formula is C39H63N9O10. The largest absolute Gasteiger partial charge is 0.483 e. The van der Waals surface area contributed by atoms with E-state index >= 15 is 0 Å². The summed E-state index contributed by atoms with van der Waals surface area (Å²) >= 11 is 0. The highest BCUT2D eigenvalue weighted by molar-refractivity contribution is 6.12. The number of rotatable bonds is 19. The molecule has 0 spiro atoms. The number of piperazine rings is 1. The Morgan fingerprint density at radius 2 is 1.48 bits per heavy atom. The van der Waals surface area contributed by atoms with Gasteiger partial charge in [-0.05, 0) is 49.8 Å². The highest BCUT2D eigenvalue weighted by atomic mass is 16.4. The fourth-order valence-corrected chi connectivity index (χ4v) is 5.23. The van der Waals surface area contributed by atoms with Gasteiger partial charge in [0.05, 0.1) is 6.54 Å². The first-order chi connectivity index (χ1) is 27.6. The van der Waals surface area contributed by atoms with Gasteiger partial charge in [-0.15, -0.1) is 6.58 Å². The number of anilines is 1. The monoisotopic (exact) mass is 817 g/mol. The second-order valence-corrected chi connectivity index (χ2v) is 13.3. The molecule has 1 unspecified atom stereocenters. The van der Waals surface area contributed by atoms with Gasteiger partial charge in [0.15, 0.2) is 0 Å². The molecule has 2 aliphatic heterocycles. The maximum Gasteiger partial charge on any atom is 0.407 e. The number of amides is 8. The summed E-state index contributed by atoms with van der Waals surface area (Å²) in [4.78, 5) is 94.9. The van der Waals surface area contributed by atoms with Gasteiger partial charge in [-0.25, -0.2) is 9.59 Å². The Balaban J connectivity index is 0.00000217. The van der Waals surface area contributed by atoms with Crippen LogP contribution in [-0.2, 0) is 35.3 Å². The van der Waals surface area contributed by atoms with Crippen LogP contribution in [0.2, 0.25) is 0 Å². The summed E-state index contributed by atoms with van der Waals surface area (Å²) in [5, 5.41) is 29.8. The number of benzene rings is 1. The lowest BCUT2D eigenvalue weighted by Crippen LogP contribution is -2.51. The number of carbonyl (C=O) groups excluding carboxylic acids is 6. The fourth-order valence-electron chi connectivity index (χ4n) is 5.23. The zero-order valence-corrected chi connectivity index (χ0v) is 34.2. The Hall–Kier alpha value is -5.82. The molecule has 0 bridgehead atoms. The van der Waals surface area contributed by atoms with E-state index in [-0.39, 0.29) is 43.1 Å². The Morgan fingerprint density at radius 1 is 0.897 bits per heavy atom. The Bertz CT molecular complexity index is 1460. The van der Waals surface area contributed by atoms with Crippen LogP contribution in [0.1, 0.15) is 65.4 Å². The number of nitrogens with two attached hydrogens (primary N) is 1. The molecule has 3 rings (SSSR count). The van der Waals surface area contributed by atoms with Crippen molar-refractivity contribution in [3.8, 4) is 0 Å². The normalized spacial score (nSPS) is 13.7. The van der Waals surface area contributed by atoms with Gasteiger partial charge in [-0.1, -0.05) is 45.4 Å². The average Bonchev–Trinajstić information content (AvgIpc) is 3.50. The molecular weight excluding hydrogens is 754 g/mol. The number of hydrogen-bond donors (Lipinski definition) is 8. The Labute approximate surface area is 340 Å². The van der Waals surface area contributed by atoms with Gasteiger partial charge in [0.2, 0.25) is 17.7 Å². The predicted octanol–water partition coefficient (Wildman–Crippen LogP) is 1.71. The molecule has 0 aromatic heterocycles. The zero-order valence-electron chi connectivity index (χ0n) is 34.2. The molecule has 1 atom stereocenters. The molecule has 9 N–H and O–H groups in total. The van der Waals surface area contributed by atoms with Crippen LogP contribution >= 0.6 is 0 Å². The van der Waals surface area contributed by atoms with Gasteiger partial charge in [0.1, 0.15) is 6.04 Å². The lowest BCUT2D eigenvalue weighted by Gasteiger charge is -2.33. The van der Waals surface area contributed by atoms with Crippen LogP contribution in [0.5, 0.6) is 0 Å². The van der Waals surface area contributed by atoms with Crippen LogP contribution < -0.4 is 32.3 Å². The molecule has 8 amide bonds. The SMILES string of the molecule is C=CC.CC(C)C(NC(=O)CCCCCN1C(=O)C=CC1=O)C(=O)NCC(=O)Nc1ccc(CNCCN2CCN(C(=O)O)CC2)cc1.CCCNC(N)=O.O=CO. The number of primary amides is 1. The number of unbranched alkanes of at least 4 members (excludes halogenated alkanes) is 2. The smallest absolute Gasteiger partial charge is 0.407 e. The number of nitrogens with one attached hydrogen (secondary N) is 5. The van der Waals surface area contributed by atoms with Crippen molar-refractivity contribution in [3.63, 3.8) is 0 Å². The van der Waals surface area contributed by atoms with Gasteiger partial charge in [-0.2, -0.15) is 0 Å². The molecule has 58 heavy (non-hydrogen) atoms. The molecule has 19 nitrogen and oxygen atoms in total. The number of hydrogen-bond acceptors (Lipinski definition) is 10. The minimum atomic E-state index is -0.869. The molecule has 324 valence electrons. The Kier molecular flexibility index (Phi) is 28.1. The van der Waals surface area contributed by atoms with Crippen molar-refractivity contribution in [3.05, 3.63) is 54.6 Å². The van der Waals surface area contributed by atoms with Crippen molar-refractivity contribution in [2.24, 2.45) is 11.7 Å². The van der Waals surface area contributed by atoms with Crippen molar-refractivity contribution >= 4 is 53.8 Å². The number of urea groups is 1. The Morgan fingerprint density at radius 3 is 1.98 bits per heavy atom. The second kappa shape index (κ2) is 31.3. The summed E-state index contributed by atoms with van der Waals surface area (Å²) in [7, 11) is 0. The second-order valence-electron chi connectivity index (χ2n) is 13.3. The van der Waals surface area contributed by atoms with E-state index < -0.39 is 30.0 Å². The van der Waals surface area contributed by atoms with Gasteiger partial charge in [-0.3, -0.25) is 38.6 Å². The quantitative estimate of drug-likeness (QED) is 0.0429. The van der Waals surface area contributed by atoms with Crippen molar-refractivity contribution in [1.29, 1.82) is 0 Å².